The van der Waals surface area contributed by atoms with E-state index >= 15 is 0 Å². The summed E-state index contributed by atoms with van der Waals surface area (Å²) < 4.78 is 10.9. The van der Waals surface area contributed by atoms with Crippen LogP contribution < -0.4 is 11.1 Å². The molecule has 1 heterocycles. The standard InChI is InChI=1S/C24H43N5O2.C18H38O.C12H26O/c25-21-23-20-24(28-22-27-23)26-14-13-17-29(15-9-5-1-3-7-11-18-30)16-10-6-2-4-8-12-19-31;1-4-6-8-10-12-14-16-18(19-3)17-15-13-11-9-7-5-2;1-4-6-7-8-9-10-11-12(5-2)13-3/h18-20,22H,1-17,21,25H2,(H,26,27,28);18H,4-17H2,1-3H3;12H,4-11H2,1-3H3. The Kier molecular flexibility index (Phi) is 54.5. The molecule has 0 aromatic carbocycles. The molecule has 0 aliphatic rings. The lowest BCUT2D eigenvalue weighted by atomic mass is 10.0. The first-order valence-electron chi connectivity index (χ1n) is 26.9. The predicted octanol–water partition coefficient (Wildman–Crippen LogP) is 14.8. The molecule has 9 heteroatoms. The number of aromatic nitrogens is 2. The van der Waals surface area contributed by atoms with Crippen molar-refractivity contribution < 1.29 is 19.1 Å². The van der Waals surface area contributed by atoms with Crippen molar-refractivity contribution >= 4 is 18.4 Å². The summed E-state index contributed by atoms with van der Waals surface area (Å²) >= 11 is 0. The van der Waals surface area contributed by atoms with Crippen molar-refractivity contribution in [3.8, 4) is 0 Å². The fourth-order valence-electron chi connectivity index (χ4n) is 7.97. The summed E-state index contributed by atoms with van der Waals surface area (Å²) in [5.41, 5.74) is 6.49. The number of carbonyl (C=O) groups excluding carboxylic acids is 2. The van der Waals surface area contributed by atoms with E-state index in [1.165, 1.54) is 173 Å². The normalized spacial score (nSPS) is 11.6. The summed E-state index contributed by atoms with van der Waals surface area (Å²) in [6.45, 7) is 13.7. The maximum atomic E-state index is 10.4. The molecular formula is C54H107N5O4. The van der Waals surface area contributed by atoms with Crippen LogP contribution in [0.2, 0.25) is 0 Å². The Morgan fingerprint density at radius 2 is 0.937 bits per heavy atom. The van der Waals surface area contributed by atoms with Crippen molar-refractivity contribution in [3.05, 3.63) is 18.1 Å². The summed E-state index contributed by atoms with van der Waals surface area (Å²) in [6.07, 6.45) is 48.8. The number of hydrogen-bond donors (Lipinski definition) is 2. The van der Waals surface area contributed by atoms with Crippen LogP contribution in [0.4, 0.5) is 5.82 Å². The summed E-state index contributed by atoms with van der Waals surface area (Å²) in [4.78, 5) is 31.7. The molecule has 1 aromatic rings. The maximum absolute atomic E-state index is 10.4. The van der Waals surface area contributed by atoms with Gasteiger partial charge < -0.3 is 35.0 Å². The average molecular weight is 890 g/mol. The number of aldehydes is 2. The van der Waals surface area contributed by atoms with E-state index in [4.69, 9.17) is 15.2 Å². The Morgan fingerprint density at radius 1 is 0.540 bits per heavy atom. The average Bonchev–Trinajstić information content (AvgIpc) is 3.31. The third-order valence-electron chi connectivity index (χ3n) is 12.2. The number of nitrogens with two attached hydrogens (primary N) is 1. The zero-order valence-corrected chi connectivity index (χ0v) is 42.8. The second kappa shape index (κ2) is 54.4. The van der Waals surface area contributed by atoms with Crippen LogP contribution in [0.1, 0.15) is 258 Å². The minimum Gasteiger partial charge on any atom is -0.381 e. The second-order valence-corrected chi connectivity index (χ2v) is 18.0. The molecule has 3 N–H and O–H groups in total. The highest BCUT2D eigenvalue weighted by molar-refractivity contribution is 5.49. The Balaban J connectivity index is 0. The molecule has 0 radical (unpaired) electrons. The number of rotatable bonds is 46. The van der Waals surface area contributed by atoms with Gasteiger partial charge in [0.2, 0.25) is 0 Å². The highest BCUT2D eigenvalue weighted by Gasteiger charge is 2.08. The molecule has 372 valence electrons. The van der Waals surface area contributed by atoms with Crippen molar-refractivity contribution in [2.24, 2.45) is 5.73 Å². The van der Waals surface area contributed by atoms with Crippen molar-refractivity contribution in [2.75, 3.05) is 45.7 Å². The minimum absolute atomic E-state index is 0.426. The summed E-state index contributed by atoms with van der Waals surface area (Å²) in [6, 6.07) is 1.91. The first-order valence-corrected chi connectivity index (χ1v) is 26.9. The third-order valence-corrected chi connectivity index (χ3v) is 12.2. The van der Waals surface area contributed by atoms with Crippen molar-refractivity contribution in [1.29, 1.82) is 0 Å². The smallest absolute Gasteiger partial charge is 0.129 e. The summed E-state index contributed by atoms with van der Waals surface area (Å²) in [7, 11) is 3.71. The molecule has 0 aliphatic carbocycles. The van der Waals surface area contributed by atoms with Crippen molar-refractivity contribution in [3.63, 3.8) is 0 Å². The number of nitrogens with one attached hydrogen (secondary N) is 1. The fourth-order valence-corrected chi connectivity index (χ4v) is 7.97. The Morgan fingerprint density at radius 3 is 1.35 bits per heavy atom. The number of ether oxygens (including phenoxy) is 2. The lowest BCUT2D eigenvalue weighted by Crippen LogP contribution is -2.28. The van der Waals surface area contributed by atoms with Crippen LogP contribution in [-0.4, -0.2) is 80.0 Å². The predicted molar refractivity (Wildman–Crippen MR) is 273 cm³/mol. The van der Waals surface area contributed by atoms with Crippen molar-refractivity contribution in [2.45, 2.75) is 271 Å². The van der Waals surface area contributed by atoms with Gasteiger partial charge in [-0.1, -0.05) is 182 Å². The van der Waals surface area contributed by atoms with Crippen LogP contribution in [-0.2, 0) is 25.6 Å². The molecular weight excluding hydrogens is 783 g/mol. The zero-order valence-electron chi connectivity index (χ0n) is 42.8. The van der Waals surface area contributed by atoms with Gasteiger partial charge in [0, 0.05) is 46.2 Å². The molecule has 0 amide bonds. The largest absolute Gasteiger partial charge is 0.381 e. The van der Waals surface area contributed by atoms with Gasteiger partial charge in [0.05, 0.1) is 17.9 Å². The molecule has 0 spiro atoms. The molecule has 1 rings (SSSR count). The van der Waals surface area contributed by atoms with E-state index in [0.717, 1.165) is 88.8 Å². The van der Waals surface area contributed by atoms with E-state index < -0.39 is 0 Å². The van der Waals surface area contributed by atoms with E-state index in [2.05, 4.69) is 47.9 Å². The molecule has 1 aromatic heterocycles. The lowest BCUT2D eigenvalue weighted by molar-refractivity contribution is -0.108. The molecule has 0 saturated carbocycles. The van der Waals surface area contributed by atoms with E-state index in [0.29, 0.717) is 31.6 Å². The van der Waals surface area contributed by atoms with Crippen molar-refractivity contribution in [1.82, 2.24) is 14.9 Å². The first-order chi connectivity index (χ1) is 31.0. The van der Waals surface area contributed by atoms with Crippen LogP contribution in [0.15, 0.2) is 12.4 Å². The van der Waals surface area contributed by atoms with Gasteiger partial charge in [0.25, 0.3) is 0 Å². The molecule has 63 heavy (non-hydrogen) atoms. The molecule has 1 atom stereocenters. The topological polar surface area (TPSA) is 120 Å². The zero-order chi connectivity index (χ0) is 46.5. The Bertz CT molecular complexity index is 992. The number of methoxy groups -OCH3 is 2. The highest BCUT2D eigenvalue weighted by Crippen LogP contribution is 2.17. The molecule has 9 nitrogen and oxygen atoms in total. The molecule has 0 saturated heterocycles. The number of unbranched alkanes of at least 4 members (excludes halogenated alkanes) is 25. The number of hydrogen-bond acceptors (Lipinski definition) is 9. The van der Waals surface area contributed by atoms with Gasteiger partial charge >= 0.3 is 0 Å². The lowest BCUT2D eigenvalue weighted by Gasteiger charge is -2.22. The van der Waals surface area contributed by atoms with Crippen LogP contribution in [0.5, 0.6) is 0 Å². The SMILES string of the molecule is CCCCCCCCC(CC)OC.CCCCCCCCC(CCCCCCCC)OC.NCc1cc(NCCCN(CCCCCCCC=O)CCCCCCCC=O)ncn1. The third kappa shape index (κ3) is 47.8. The van der Waals surface area contributed by atoms with Gasteiger partial charge in [-0.15, -0.1) is 0 Å². The first kappa shape index (κ1) is 63.1. The van der Waals surface area contributed by atoms with E-state index in [9.17, 15) is 9.59 Å². The van der Waals surface area contributed by atoms with Crippen LogP contribution in [0.25, 0.3) is 0 Å². The number of nitrogens with zero attached hydrogens (tertiary/aromatic N) is 3. The highest BCUT2D eigenvalue weighted by atomic mass is 16.5. The van der Waals surface area contributed by atoms with Gasteiger partial charge in [-0.05, 0) is 77.4 Å². The van der Waals surface area contributed by atoms with E-state index in [1.807, 2.05) is 20.3 Å². The maximum Gasteiger partial charge on any atom is 0.129 e. The second-order valence-electron chi connectivity index (χ2n) is 18.0. The number of anilines is 1. The van der Waals surface area contributed by atoms with Gasteiger partial charge in [0.15, 0.2) is 0 Å². The monoisotopic (exact) mass is 890 g/mol. The number of carbonyl (C=O) groups is 2. The fraction of sp³-hybridized carbons (Fsp3) is 0.889. The van der Waals surface area contributed by atoms with Crippen LogP contribution in [0, 0.1) is 0 Å². The molecule has 0 bridgehead atoms. The van der Waals surface area contributed by atoms with Crippen LogP contribution in [0.3, 0.4) is 0 Å². The molecule has 1 unspecified atom stereocenters. The van der Waals surface area contributed by atoms with Gasteiger partial charge in [0.1, 0.15) is 24.7 Å². The minimum atomic E-state index is 0.426. The van der Waals surface area contributed by atoms with Gasteiger partial charge in [-0.3, -0.25) is 0 Å². The van der Waals surface area contributed by atoms with E-state index in [1.54, 1.807) is 6.33 Å². The van der Waals surface area contributed by atoms with Gasteiger partial charge in [-0.2, -0.15) is 0 Å². The van der Waals surface area contributed by atoms with E-state index in [-0.39, 0.29) is 0 Å². The summed E-state index contributed by atoms with van der Waals surface area (Å²) in [5, 5.41) is 3.38. The quantitative estimate of drug-likeness (QED) is 0.0487. The summed E-state index contributed by atoms with van der Waals surface area (Å²) in [5.74, 6) is 0.840. The molecule has 0 fully saturated rings. The Labute approximate surface area is 391 Å². The van der Waals surface area contributed by atoms with Crippen LogP contribution >= 0.6 is 0 Å². The molecule has 0 aliphatic heterocycles. The van der Waals surface area contributed by atoms with Gasteiger partial charge in [-0.25, -0.2) is 9.97 Å². The Hall–Kier alpha value is -1.94.